The number of aromatic nitrogens is 3. The number of aryl methyl sites for hydroxylation is 1. The Morgan fingerprint density at radius 3 is 2.74 bits per heavy atom. The van der Waals surface area contributed by atoms with E-state index in [2.05, 4.69) is 15.3 Å². The van der Waals surface area contributed by atoms with Crippen LogP contribution in [0.1, 0.15) is 34.5 Å². The van der Waals surface area contributed by atoms with E-state index in [4.69, 9.17) is 4.74 Å². The topological polar surface area (TPSA) is 106 Å². The highest BCUT2D eigenvalue weighted by atomic mass is 32.1. The molecule has 0 spiro atoms. The number of fused-ring (bicyclic) bond motifs is 2. The van der Waals surface area contributed by atoms with Crippen LogP contribution in [0.2, 0.25) is 0 Å². The Hall–Kier alpha value is -3.31. The second kappa shape index (κ2) is 9.15. The minimum absolute atomic E-state index is 0.0479. The summed E-state index contributed by atoms with van der Waals surface area (Å²) in [5.74, 6) is 0.290. The van der Waals surface area contributed by atoms with Gasteiger partial charge in [0.05, 0.1) is 33.9 Å². The first-order chi connectivity index (χ1) is 16.4. The first kappa shape index (κ1) is 22.5. The van der Waals surface area contributed by atoms with E-state index in [0.29, 0.717) is 25.8 Å². The highest BCUT2D eigenvalue weighted by Crippen LogP contribution is 2.31. The van der Waals surface area contributed by atoms with Gasteiger partial charge in [-0.1, -0.05) is 11.3 Å². The van der Waals surface area contributed by atoms with Gasteiger partial charge >= 0.3 is 0 Å². The minimum atomic E-state index is -0.345. The fourth-order valence-corrected chi connectivity index (χ4v) is 6.04. The van der Waals surface area contributed by atoms with Crippen LogP contribution >= 0.6 is 22.7 Å². The Morgan fingerprint density at radius 2 is 1.97 bits per heavy atom. The first-order valence-electron chi connectivity index (χ1n) is 11.0. The average molecular weight is 498 g/mol. The molecule has 1 aliphatic heterocycles. The average Bonchev–Trinajstić information content (AvgIpc) is 3.41. The van der Waals surface area contributed by atoms with E-state index in [1.807, 2.05) is 18.2 Å². The maximum atomic E-state index is 13.1. The summed E-state index contributed by atoms with van der Waals surface area (Å²) < 4.78 is 7.47. The Balaban J connectivity index is 1.40. The number of nitrogens with one attached hydrogen (secondary N) is 1. The number of hydrogen-bond donors (Lipinski definition) is 1. The summed E-state index contributed by atoms with van der Waals surface area (Å²) in [4.78, 5) is 50.3. The molecular formula is C23H23N5O4S2. The lowest BCUT2D eigenvalue weighted by Gasteiger charge is -2.26. The molecule has 5 rings (SSSR count). The highest BCUT2D eigenvalue weighted by Gasteiger charge is 2.22. The van der Waals surface area contributed by atoms with Crippen LogP contribution in [0.5, 0.6) is 5.75 Å². The second-order valence-corrected chi connectivity index (χ2v) is 10.2. The number of hydrogen-bond acceptors (Lipinski definition) is 8. The van der Waals surface area contributed by atoms with Gasteiger partial charge in [0.2, 0.25) is 5.91 Å². The zero-order valence-electron chi connectivity index (χ0n) is 18.8. The highest BCUT2D eigenvalue weighted by molar-refractivity contribution is 7.23. The van der Waals surface area contributed by atoms with Crippen LogP contribution in [0, 0.1) is 6.92 Å². The zero-order valence-corrected chi connectivity index (χ0v) is 20.4. The predicted octanol–water partition coefficient (Wildman–Crippen LogP) is 3.65. The summed E-state index contributed by atoms with van der Waals surface area (Å²) in [5, 5.41) is 3.67. The van der Waals surface area contributed by atoms with Gasteiger partial charge in [-0.05, 0) is 49.9 Å². The number of thiazole rings is 1. The number of carbonyl (C=O) groups excluding carboxylic acids is 2. The van der Waals surface area contributed by atoms with E-state index in [0.717, 1.165) is 59.7 Å². The molecule has 4 heterocycles. The Morgan fingerprint density at radius 1 is 1.18 bits per heavy atom. The van der Waals surface area contributed by atoms with Crippen molar-refractivity contribution in [2.45, 2.75) is 32.7 Å². The van der Waals surface area contributed by atoms with Crippen LogP contribution in [-0.2, 0) is 11.3 Å². The van der Waals surface area contributed by atoms with E-state index in [9.17, 15) is 14.4 Å². The van der Waals surface area contributed by atoms with Gasteiger partial charge in [0.1, 0.15) is 17.1 Å². The van der Waals surface area contributed by atoms with Crippen LogP contribution in [0.15, 0.2) is 29.3 Å². The minimum Gasteiger partial charge on any atom is -0.497 e. The molecule has 1 fully saturated rings. The standard InChI is InChI=1S/C23H23N5O4S2/c1-13-18-21(24-12-28(22(18)31)11-17(29)27-8-4-3-5-9-27)34-19(13)20(30)26-23-25-15-7-6-14(32-2)10-16(15)33-23/h6-7,10,12H,3-5,8-9,11H2,1-2H3,(H,25,26,30). The molecule has 1 aliphatic rings. The number of nitrogens with zero attached hydrogens (tertiary/aromatic N) is 4. The van der Waals surface area contributed by atoms with Crippen LogP contribution in [0.4, 0.5) is 5.13 Å². The number of piperidine rings is 1. The molecule has 3 aromatic heterocycles. The van der Waals surface area contributed by atoms with Crippen molar-refractivity contribution in [3.8, 4) is 5.75 Å². The fraction of sp³-hybridized carbons (Fsp3) is 0.348. The second-order valence-electron chi connectivity index (χ2n) is 8.16. The molecule has 11 heteroatoms. The van der Waals surface area contributed by atoms with Gasteiger partial charge < -0.3 is 9.64 Å². The normalized spacial score (nSPS) is 14.0. The van der Waals surface area contributed by atoms with Gasteiger partial charge in [-0.3, -0.25) is 24.3 Å². The smallest absolute Gasteiger partial charge is 0.267 e. The van der Waals surface area contributed by atoms with Crippen molar-refractivity contribution in [3.05, 3.63) is 45.3 Å². The number of methoxy groups -OCH3 is 1. The Bertz CT molecular complexity index is 1470. The van der Waals surface area contributed by atoms with Gasteiger partial charge in [-0.15, -0.1) is 11.3 Å². The lowest BCUT2D eigenvalue weighted by Crippen LogP contribution is -2.39. The number of anilines is 1. The summed E-state index contributed by atoms with van der Waals surface area (Å²) in [6.07, 6.45) is 4.50. The van der Waals surface area contributed by atoms with E-state index in [1.165, 1.54) is 22.2 Å². The molecular weight excluding hydrogens is 474 g/mol. The molecule has 9 nitrogen and oxygen atoms in total. The fourth-order valence-electron chi connectivity index (χ4n) is 4.12. The third-order valence-electron chi connectivity index (χ3n) is 5.95. The predicted molar refractivity (Wildman–Crippen MR) is 133 cm³/mol. The lowest BCUT2D eigenvalue weighted by atomic mass is 10.1. The van der Waals surface area contributed by atoms with Crippen molar-refractivity contribution in [1.82, 2.24) is 19.4 Å². The molecule has 1 aromatic carbocycles. The van der Waals surface area contributed by atoms with Crippen molar-refractivity contribution in [2.75, 3.05) is 25.5 Å². The lowest BCUT2D eigenvalue weighted by molar-refractivity contribution is -0.132. The number of rotatable bonds is 5. The SMILES string of the molecule is COc1ccc2nc(NC(=O)c3sc4ncn(CC(=O)N5CCCCC5)c(=O)c4c3C)sc2c1. The van der Waals surface area contributed by atoms with Crippen LogP contribution < -0.4 is 15.6 Å². The van der Waals surface area contributed by atoms with E-state index < -0.39 is 0 Å². The molecule has 0 aliphatic carbocycles. The summed E-state index contributed by atoms with van der Waals surface area (Å²) in [5.41, 5.74) is 1.00. The molecule has 176 valence electrons. The van der Waals surface area contributed by atoms with Crippen molar-refractivity contribution in [1.29, 1.82) is 0 Å². The summed E-state index contributed by atoms with van der Waals surface area (Å²) >= 11 is 2.51. The van der Waals surface area contributed by atoms with Crippen LogP contribution in [-0.4, -0.2) is 51.4 Å². The molecule has 0 radical (unpaired) electrons. The van der Waals surface area contributed by atoms with Gasteiger partial charge in [0.25, 0.3) is 11.5 Å². The summed E-state index contributed by atoms with van der Waals surface area (Å²) in [6, 6.07) is 5.52. The maximum absolute atomic E-state index is 13.1. The van der Waals surface area contributed by atoms with Crippen molar-refractivity contribution < 1.29 is 14.3 Å². The van der Waals surface area contributed by atoms with Gasteiger partial charge in [-0.25, -0.2) is 9.97 Å². The number of likely N-dealkylation sites (tertiary alicyclic amines) is 1. The van der Waals surface area contributed by atoms with Crippen LogP contribution in [0.25, 0.3) is 20.4 Å². The van der Waals surface area contributed by atoms with Crippen LogP contribution in [0.3, 0.4) is 0 Å². The molecule has 1 N–H and O–H groups in total. The largest absolute Gasteiger partial charge is 0.497 e. The molecule has 2 amide bonds. The Kier molecular flexibility index (Phi) is 6.05. The summed E-state index contributed by atoms with van der Waals surface area (Å²) in [7, 11) is 1.60. The number of amides is 2. The molecule has 4 aromatic rings. The van der Waals surface area contributed by atoms with E-state index >= 15 is 0 Å². The number of benzene rings is 1. The first-order valence-corrected chi connectivity index (χ1v) is 12.6. The zero-order chi connectivity index (χ0) is 23.8. The van der Waals surface area contributed by atoms with Gasteiger partial charge in [-0.2, -0.15) is 0 Å². The van der Waals surface area contributed by atoms with Crippen molar-refractivity contribution in [3.63, 3.8) is 0 Å². The quantitative estimate of drug-likeness (QED) is 0.451. The van der Waals surface area contributed by atoms with Crippen molar-refractivity contribution in [2.24, 2.45) is 0 Å². The molecule has 0 saturated carbocycles. The third kappa shape index (κ3) is 4.16. The van der Waals surface area contributed by atoms with Gasteiger partial charge in [0.15, 0.2) is 5.13 Å². The number of thiophene rings is 1. The molecule has 0 bridgehead atoms. The maximum Gasteiger partial charge on any atom is 0.267 e. The number of carbonyl (C=O) groups is 2. The van der Waals surface area contributed by atoms with E-state index in [-0.39, 0.29) is 23.9 Å². The molecule has 34 heavy (non-hydrogen) atoms. The van der Waals surface area contributed by atoms with Crippen molar-refractivity contribution >= 4 is 60.1 Å². The monoisotopic (exact) mass is 497 g/mol. The molecule has 1 saturated heterocycles. The van der Waals surface area contributed by atoms with E-state index in [1.54, 1.807) is 18.9 Å². The molecule has 0 atom stereocenters. The Labute approximate surface area is 203 Å². The number of ether oxygens (including phenoxy) is 1. The van der Waals surface area contributed by atoms with Gasteiger partial charge in [0, 0.05) is 13.1 Å². The summed E-state index contributed by atoms with van der Waals surface area (Å²) in [6.45, 7) is 3.14. The third-order valence-corrected chi connectivity index (χ3v) is 8.09. The molecule has 0 unspecified atom stereocenters.